The molecule has 0 bridgehead atoms. The SMILES string of the molecule is NOOS(=O)(=O)ON. The van der Waals surface area contributed by atoms with Crippen molar-refractivity contribution < 1.29 is 22.0 Å². The quantitative estimate of drug-likeness (QED) is 0.346. The van der Waals surface area contributed by atoms with Gasteiger partial charge in [0.1, 0.15) is 0 Å². The maximum atomic E-state index is 9.82. The molecule has 0 aliphatic heterocycles. The summed E-state index contributed by atoms with van der Waals surface area (Å²) in [5, 5.41) is 0. The van der Waals surface area contributed by atoms with Gasteiger partial charge in [-0.2, -0.15) is 24.5 Å². The van der Waals surface area contributed by atoms with Gasteiger partial charge in [0.15, 0.2) is 0 Å². The highest BCUT2D eigenvalue weighted by atomic mass is 32.3. The summed E-state index contributed by atoms with van der Waals surface area (Å²) in [6.07, 6.45) is 0. The van der Waals surface area contributed by atoms with Crippen LogP contribution < -0.4 is 11.8 Å². The van der Waals surface area contributed by atoms with Crippen molar-refractivity contribution in [2.75, 3.05) is 0 Å². The van der Waals surface area contributed by atoms with Gasteiger partial charge in [0.05, 0.1) is 0 Å². The fourth-order valence-electron chi connectivity index (χ4n) is 0.0642. The number of rotatable bonds is 3. The highest BCUT2D eigenvalue weighted by Gasteiger charge is 2.08. The van der Waals surface area contributed by atoms with Crippen molar-refractivity contribution in [2.24, 2.45) is 11.8 Å². The van der Waals surface area contributed by atoms with E-state index >= 15 is 0 Å². The predicted octanol–water partition coefficient (Wildman–Crippen LogP) is -2.06. The molecule has 0 rings (SSSR count). The zero-order valence-electron chi connectivity index (χ0n) is 3.60. The van der Waals surface area contributed by atoms with Crippen molar-refractivity contribution in [1.82, 2.24) is 0 Å². The van der Waals surface area contributed by atoms with E-state index in [1.165, 1.54) is 0 Å². The second-order valence-electron chi connectivity index (χ2n) is 0.669. The molecule has 0 saturated heterocycles. The molecule has 0 aromatic rings. The van der Waals surface area contributed by atoms with Gasteiger partial charge in [-0.05, 0) is 0 Å². The molecule has 0 amide bonds. The first kappa shape index (κ1) is 7.75. The first-order chi connectivity index (χ1) is 3.62. The third-order valence-corrected chi connectivity index (χ3v) is 0.721. The minimum absolute atomic E-state index is 3.20. The summed E-state index contributed by atoms with van der Waals surface area (Å²) < 4.78 is 26.2. The van der Waals surface area contributed by atoms with Crippen LogP contribution in [0, 0.1) is 0 Å². The van der Waals surface area contributed by atoms with Gasteiger partial charge >= 0.3 is 10.4 Å². The summed E-state index contributed by atoms with van der Waals surface area (Å²) in [6, 6.07) is 0. The van der Waals surface area contributed by atoms with Crippen LogP contribution in [-0.4, -0.2) is 8.42 Å². The Morgan fingerprint density at radius 3 is 1.88 bits per heavy atom. The van der Waals surface area contributed by atoms with Gasteiger partial charge in [0, 0.05) is 0 Å². The molecule has 50 valence electrons. The predicted molar refractivity (Wildman–Crippen MR) is 20.5 cm³/mol. The average molecular weight is 144 g/mol. The van der Waals surface area contributed by atoms with Crippen LogP contribution in [0.2, 0.25) is 0 Å². The highest BCUT2D eigenvalue weighted by Crippen LogP contribution is 1.86. The van der Waals surface area contributed by atoms with Crippen LogP contribution in [0.25, 0.3) is 0 Å². The van der Waals surface area contributed by atoms with E-state index in [4.69, 9.17) is 0 Å². The van der Waals surface area contributed by atoms with Gasteiger partial charge in [-0.1, -0.05) is 4.33 Å². The summed E-state index contributed by atoms with van der Waals surface area (Å²) >= 11 is 0. The molecule has 0 atom stereocenters. The molecule has 8 heavy (non-hydrogen) atoms. The van der Waals surface area contributed by atoms with E-state index in [-0.39, 0.29) is 0 Å². The van der Waals surface area contributed by atoms with E-state index in [1.807, 2.05) is 0 Å². The minimum atomic E-state index is -4.24. The molecule has 0 aliphatic carbocycles. The van der Waals surface area contributed by atoms with Gasteiger partial charge in [-0.25, -0.2) is 0 Å². The Morgan fingerprint density at radius 1 is 1.25 bits per heavy atom. The topological polar surface area (TPSA) is 114 Å². The molecule has 8 heteroatoms. The van der Waals surface area contributed by atoms with E-state index in [2.05, 4.69) is 25.4 Å². The third kappa shape index (κ3) is 2.85. The number of hydrogen-bond acceptors (Lipinski definition) is 7. The zero-order valence-corrected chi connectivity index (χ0v) is 4.42. The first-order valence-electron chi connectivity index (χ1n) is 1.30. The lowest BCUT2D eigenvalue weighted by Crippen LogP contribution is -2.16. The molecule has 0 aromatic carbocycles. The van der Waals surface area contributed by atoms with Crippen molar-refractivity contribution in [3.8, 4) is 0 Å². The Kier molecular flexibility index (Phi) is 2.82. The fourth-order valence-corrected chi connectivity index (χ4v) is 0.192. The maximum absolute atomic E-state index is 9.82. The van der Waals surface area contributed by atoms with Crippen LogP contribution in [0.5, 0.6) is 0 Å². The van der Waals surface area contributed by atoms with Crippen molar-refractivity contribution in [3.05, 3.63) is 0 Å². The molecule has 0 radical (unpaired) electrons. The van der Waals surface area contributed by atoms with Crippen molar-refractivity contribution in [3.63, 3.8) is 0 Å². The van der Waals surface area contributed by atoms with Crippen molar-refractivity contribution in [1.29, 1.82) is 0 Å². The molecule has 0 heterocycles. The summed E-state index contributed by atoms with van der Waals surface area (Å²) in [7, 11) is -4.24. The van der Waals surface area contributed by atoms with Crippen LogP contribution in [-0.2, 0) is 24.0 Å². The minimum Gasteiger partial charge on any atom is -0.196 e. The molecule has 7 nitrogen and oxygen atoms in total. The van der Waals surface area contributed by atoms with Gasteiger partial charge in [-0.15, -0.1) is 4.99 Å². The lowest BCUT2D eigenvalue weighted by Gasteiger charge is -1.92. The van der Waals surface area contributed by atoms with E-state index < -0.39 is 10.4 Å². The number of hydrogen-bond donors (Lipinski definition) is 2. The standard InChI is InChI=1S/H4N2O5S/c1-5-7-8(3,4)6-2/h1-2H2. The zero-order chi connectivity index (χ0) is 6.62. The molecule has 0 aliphatic rings. The van der Waals surface area contributed by atoms with Crippen LogP contribution in [0.15, 0.2) is 0 Å². The normalized spacial score (nSPS) is 11.8. The molecule has 0 saturated carbocycles. The maximum Gasteiger partial charge on any atom is 0.444 e. The third-order valence-electron chi connectivity index (χ3n) is 0.240. The molecule has 0 spiro atoms. The molecule has 0 fully saturated rings. The fraction of sp³-hybridized carbons (Fsp3) is 0. The Labute approximate surface area is 45.3 Å². The van der Waals surface area contributed by atoms with Crippen LogP contribution in [0.3, 0.4) is 0 Å². The Bertz CT molecular complexity index is 135. The smallest absolute Gasteiger partial charge is 0.196 e. The first-order valence-corrected chi connectivity index (χ1v) is 2.64. The summed E-state index contributed by atoms with van der Waals surface area (Å²) in [4.78, 5) is 3.20. The van der Waals surface area contributed by atoms with E-state index in [0.29, 0.717) is 0 Å². The second kappa shape index (κ2) is 2.91. The molecule has 4 N–H and O–H groups in total. The van der Waals surface area contributed by atoms with Gasteiger partial charge in [-0.3, -0.25) is 0 Å². The molecular formula is H4N2O5S. The van der Waals surface area contributed by atoms with Gasteiger partial charge < -0.3 is 0 Å². The van der Waals surface area contributed by atoms with Crippen LogP contribution in [0.4, 0.5) is 0 Å². The highest BCUT2D eigenvalue weighted by molar-refractivity contribution is 7.81. The van der Waals surface area contributed by atoms with Gasteiger partial charge in [0.25, 0.3) is 0 Å². The van der Waals surface area contributed by atoms with Crippen molar-refractivity contribution >= 4 is 10.4 Å². The monoisotopic (exact) mass is 144 g/mol. The Balaban J connectivity index is 3.76. The Morgan fingerprint density at radius 2 is 1.75 bits per heavy atom. The van der Waals surface area contributed by atoms with E-state index in [9.17, 15) is 8.42 Å². The van der Waals surface area contributed by atoms with E-state index in [0.717, 1.165) is 0 Å². The lowest BCUT2D eigenvalue weighted by atomic mass is 13.5. The Hall–Kier alpha value is -0.250. The molecular weight excluding hydrogens is 140 g/mol. The second-order valence-corrected chi connectivity index (χ2v) is 1.81. The number of nitrogens with two attached hydrogens (primary N) is 2. The lowest BCUT2D eigenvalue weighted by molar-refractivity contribution is -0.214. The van der Waals surface area contributed by atoms with Crippen molar-refractivity contribution in [2.45, 2.75) is 0 Å². The molecule has 0 unspecified atom stereocenters. The van der Waals surface area contributed by atoms with Crippen LogP contribution >= 0.6 is 0 Å². The summed E-state index contributed by atoms with van der Waals surface area (Å²) in [5.74, 6) is 8.30. The average Bonchev–Trinajstić information content (AvgIpc) is 1.67. The largest absolute Gasteiger partial charge is 0.444 e. The van der Waals surface area contributed by atoms with Crippen LogP contribution in [0.1, 0.15) is 0 Å². The van der Waals surface area contributed by atoms with E-state index in [1.54, 1.807) is 0 Å². The summed E-state index contributed by atoms with van der Waals surface area (Å²) in [6.45, 7) is 0. The molecule has 0 aromatic heterocycles. The van der Waals surface area contributed by atoms with Gasteiger partial charge in [0.2, 0.25) is 0 Å². The summed E-state index contributed by atoms with van der Waals surface area (Å²) in [5.41, 5.74) is 0.